The van der Waals surface area contributed by atoms with Crippen LogP contribution in [0.4, 0.5) is 0 Å². The van der Waals surface area contributed by atoms with Gasteiger partial charge in [-0.25, -0.2) is 0 Å². The summed E-state index contributed by atoms with van der Waals surface area (Å²) in [6.07, 6.45) is 8.86. The van der Waals surface area contributed by atoms with Crippen LogP contribution in [0.3, 0.4) is 0 Å². The SMILES string of the molecule is C#CC[n+]1ccccc1CCCO.[Br-]. The molecule has 0 atom stereocenters. The molecule has 1 rings (SSSR count). The Hall–Kier alpha value is -0.850. The van der Waals surface area contributed by atoms with E-state index in [1.807, 2.05) is 29.0 Å². The number of pyridine rings is 1. The van der Waals surface area contributed by atoms with Gasteiger partial charge in [-0.2, -0.15) is 4.57 Å². The molecule has 1 N–H and O–H groups in total. The van der Waals surface area contributed by atoms with Gasteiger partial charge in [0.05, 0.1) is 0 Å². The van der Waals surface area contributed by atoms with Crippen molar-refractivity contribution in [3.63, 3.8) is 0 Å². The van der Waals surface area contributed by atoms with Crippen LogP contribution in [0.25, 0.3) is 0 Å². The van der Waals surface area contributed by atoms with Gasteiger partial charge in [0.15, 0.2) is 11.9 Å². The molecule has 0 unspecified atom stereocenters. The Morgan fingerprint density at radius 3 is 2.86 bits per heavy atom. The van der Waals surface area contributed by atoms with Crippen molar-refractivity contribution in [2.24, 2.45) is 0 Å². The van der Waals surface area contributed by atoms with Gasteiger partial charge in [0.1, 0.15) is 0 Å². The number of aliphatic hydroxyl groups is 1. The lowest BCUT2D eigenvalue weighted by Crippen LogP contribution is -3.00. The Morgan fingerprint density at radius 1 is 1.43 bits per heavy atom. The molecule has 0 saturated carbocycles. The fraction of sp³-hybridized carbons (Fsp3) is 0.364. The first kappa shape index (κ1) is 13.2. The molecule has 1 aromatic rings. The zero-order valence-corrected chi connectivity index (χ0v) is 9.57. The van der Waals surface area contributed by atoms with E-state index in [0.29, 0.717) is 6.54 Å². The molecule has 0 spiro atoms. The standard InChI is InChI=1S/C11H14NO.BrH/c1-2-8-12-9-4-3-6-11(12)7-5-10-13;/h1,3-4,6,9,13H,5,7-8,10H2;1H/q+1;/p-1. The van der Waals surface area contributed by atoms with Crippen LogP contribution in [0.1, 0.15) is 12.1 Å². The summed E-state index contributed by atoms with van der Waals surface area (Å²) in [5, 5.41) is 8.70. The largest absolute Gasteiger partial charge is 1.00 e. The van der Waals surface area contributed by atoms with E-state index in [1.54, 1.807) is 0 Å². The zero-order valence-electron chi connectivity index (χ0n) is 7.99. The predicted molar refractivity (Wildman–Crippen MR) is 50.9 cm³/mol. The number of hydrogen-bond donors (Lipinski definition) is 1. The van der Waals surface area contributed by atoms with Crippen molar-refractivity contribution in [3.05, 3.63) is 30.1 Å². The fourth-order valence-corrected chi connectivity index (χ4v) is 1.25. The fourth-order valence-electron chi connectivity index (χ4n) is 1.25. The smallest absolute Gasteiger partial charge is 0.209 e. The first-order valence-electron chi connectivity index (χ1n) is 4.40. The van der Waals surface area contributed by atoms with E-state index in [2.05, 4.69) is 5.92 Å². The van der Waals surface area contributed by atoms with Crippen LogP contribution < -0.4 is 21.5 Å². The highest BCUT2D eigenvalue weighted by Crippen LogP contribution is 1.95. The molecule has 0 aliphatic carbocycles. The summed E-state index contributed by atoms with van der Waals surface area (Å²) in [7, 11) is 0. The van der Waals surface area contributed by atoms with E-state index in [9.17, 15) is 0 Å². The Labute approximate surface area is 95.4 Å². The molecule has 0 fully saturated rings. The lowest BCUT2D eigenvalue weighted by molar-refractivity contribution is -0.692. The Morgan fingerprint density at radius 2 is 2.21 bits per heavy atom. The molecule has 2 nitrogen and oxygen atoms in total. The topological polar surface area (TPSA) is 24.1 Å². The lowest BCUT2D eigenvalue weighted by atomic mass is 10.2. The van der Waals surface area contributed by atoms with E-state index in [-0.39, 0.29) is 23.6 Å². The molecule has 3 heteroatoms. The molecule has 0 aromatic carbocycles. The molecule has 0 amide bonds. The zero-order chi connectivity index (χ0) is 9.52. The Balaban J connectivity index is 0.00000169. The van der Waals surface area contributed by atoms with Gasteiger partial charge in [-0.05, 0) is 12.3 Å². The number of nitrogens with zero attached hydrogens (tertiary/aromatic N) is 1. The van der Waals surface area contributed by atoms with Crippen LogP contribution in [-0.4, -0.2) is 11.7 Å². The summed E-state index contributed by atoms with van der Waals surface area (Å²) in [5.41, 5.74) is 1.18. The molecule has 1 aromatic heterocycles. The summed E-state index contributed by atoms with van der Waals surface area (Å²) in [6, 6.07) is 5.98. The second-order valence-electron chi connectivity index (χ2n) is 2.85. The van der Waals surface area contributed by atoms with E-state index >= 15 is 0 Å². The maximum absolute atomic E-state index is 8.70. The molecule has 0 aliphatic heterocycles. The highest BCUT2D eigenvalue weighted by molar-refractivity contribution is 4.98. The summed E-state index contributed by atoms with van der Waals surface area (Å²) in [5.74, 6) is 2.60. The van der Waals surface area contributed by atoms with E-state index in [1.165, 1.54) is 5.69 Å². The van der Waals surface area contributed by atoms with Crippen molar-refractivity contribution in [1.82, 2.24) is 0 Å². The van der Waals surface area contributed by atoms with E-state index in [4.69, 9.17) is 11.5 Å². The van der Waals surface area contributed by atoms with Crippen LogP contribution in [0.2, 0.25) is 0 Å². The third kappa shape index (κ3) is 3.91. The molecule has 1 heterocycles. The Bertz CT molecular complexity index is 306. The minimum atomic E-state index is 0. The van der Waals surface area contributed by atoms with Crippen LogP contribution >= 0.6 is 0 Å². The van der Waals surface area contributed by atoms with Gasteiger partial charge in [0.25, 0.3) is 0 Å². The highest BCUT2D eigenvalue weighted by atomic mass is 79.9. The molecule has 0 radical (unpaired) electrons. The van der Waals surface area contributed by atoms with Gasteiger partial charge >= 0.3 is 0 Å². The number of aromatic nitrogens is 1. The average molecular weight is 256 g/mol. The summed E-state index contributed by atoms with van der Waals surface area (Å²) < 4.78 is 2.02. The number of aliphatic hydroxyl groups excluding tert-OH is 1. The van der Waals surface area contributed by atoms with Crippen molar-refractivity contribution < 1.29 is 26.7 Å². The molecule has 0 bridgehead atoms. The lowest BCUT2D eigenvalue weighted by Gasteiger charge is -1.99. The minimum Gasteiger partial charge on any atom is -1.00 e. The van der Waals surface area contributed by atoms with E-state index < -0.39 is 0 Å². The minimum absolute atomic E-state index is 0. The number of rotatable bonds is 4. The second kappa shape index (κ2) is 7.54. The average Bonchev–Trinajstić information content (AvgIpc) is 2.17. The maximum Gasteiger partial charge on any atom is 0.209 e. The quantitative estimate of drug-likeness (QED) is 0.469. The normalized spacial score (nSPS) is 8.86. The first-order valence-corrected chi connectivity index (χ1v) is 4.40. The van der Waals surface area contributed by atoms with Gasteiger partial charge in [-0.15, -0.1) is 6.42 Å². The molecular formula is C11H14BrNO. The van der Waals surface area contributed by atoms with Crippen molar-refractivity contribution in [2.75, 3.05) is 6.61 Å². The monoisotopic (exact) mass is 255 g/mol. The third-order valence-electron chi connectivity index (χ3n) is 1.89. The number of hydrogen-bond acceptors (Lipinski definition) is 1. The van der Waals surface area contributed by atoms with Crippen LogP contribution in [0, 0.1) is 12.3 Å². The number of halogens is 1. The summed E-state index contributed by atoms with van der Waals surface area (Å²) in [4.78, 5) is 0. The highest BCUT2D eigenvalue weighted by Gasteiger charge is 2.06. The molecule has 0 aliphatic rings. The molecule has 76 valence electrons. The Kier molecular flexibility index (Phi) is 7.09. The number of terminal acetylenes is 1. The maximum atomic E-state index is 8.70. The third-order valence-corrected chi connectivity index (χ3v) is 1.89. The van der Waals surface area contributed by atoms with Gasteiger partial charge < -0.3 is 22.1 Å². The number of aryl methyl sites for hydroxylation is 1. The van der Waals surface area contributed by atoms with Crippen LogP contribution in [-0.2, 0) is 13.0 Å². The molecule has 14 heavy (non-hydrogen) atoms. The van der Waals surface area contributed by atoms with Gasteiger partial charge in [0, 0.05) is 25.2 Å². The van der Waals surface area contributed by atoms with Crippen molar-refractivity contribution in [3.8, 4) is 12.3 Å². The molecule has 0 saturated heterocycles. The van der Waals surface area contributed by atoms with Crippen molar-refractivity contribution in [2.45, 2.75) is 19.4 Å². The van der Waals surface area contributed by atoms with E-state index in [0.717, 1.165) is 12.8 Å². The first-order chi connectivity index (χ1) is 6.38. The van der Waals surface area contributed by atoms with Crippen molar-refractivity contribution >= 4 is 0 Å². The van der Waals surface area contributed by atoms with Crippen LogP contribution in [0.5, 0.6) is 0 Å². The second-order valence-corrected chi connectivity index (χ2v) is 2.85. The summed E-state index contributed by atoms with van der Waals surface area (Å²) in [6.45, 7) is 0.826. The van der Waals surface area contributed by atoms with Gasteiger partial charge in [0.2, 0.25) is 6.54 Å². The molecular weight excluding hydrogens is 242 g/mol. The predicted octanol–water partition coefficient (Wildman–Crippen LogP) is -2.46. The van der Waals surface area contributed by atoms with Crippen molar-refractivity contribution in [1.29, 1.82) is 0 Å². The van der Waals surface area contributed by atoms with Gasteiger partial charge in [-0.3, -0.25) is 0 Å². The van der Waals surface area contributed by atoms with Crippen LogP contribution in [0.15, 0.2) is 24.4 Å². The summed E-state index contributed by atoms with van der Waals surface area (Å²) >= 11 is 0. The van der Waals surface area contributed by atoms with Gasteiger partial charge in [-0.1, -0.05) is 6.07 Å².